The zero-order valence-electron chi connectivity index (χ0n) is 18.5. The van der Waals surface area contributed by atoms with E-state index in [-0.39, 0.29) is 11.6 Å². The van der Waals surface area contributed by atoms with Crippen LogP contribution in [0.2, 0.25) is 0 Å². The van der Waals surface area contributed by atoms with Gasteiger partial charge in [-0.25, -0.2) is 23.5 Å². The highest BCUT2D eigenvalue weighted by Gasteiger charge is 2.34. The fraction of sp³-hybridized carbons (Fsp3) is 0.364. The van der Waals surface area contributed by atoms with Crippen molar-refractivity contribution in [1.82, 2.24) is 28.8 Å². The van der Waals surface area contributed by atoms with Crippen molar-refractivity contribution in [3.8, 4) is 11.3 Å². The lowest BCUT2D eigenvalue weighted by molar-refractivity contribution is -0.137. The van der Waals surface area contributed by atoms with Crippen molar-refractivity contribution in [2.75, 3.05) is 25.1 Å². The Bertz CT molecular complexity index is 1430. The normalized spacial score (nSPS) is 17.0. The van der Waals surface area contributed by atoms with Crippen LogP contribution in [-0.2, 0) is 17.2 Å². The number of aromatic nitrogens is 5. The Labute approximate surface area is 195 Å². The molecule has 1 atom stereocenters. The maximum atomic E-state index is 13.4. The number of piperidine rings is 1. The number of nitrogen functional groups attached to an aromatic ring is 1. The maximum Gasteiger partial charge on any atom is 0.419 e. The van der Waals surface area contributed by atoms with Crippen molar-refractivity contribution in [2.24, 2.45) is 0 Å². The van der Waals surface area contributed by atoms with Gasteiger partial charge in [0.25, 0.3) is 0 Å². The standard InChI is InChI=1S/C22H22F3N7OS/c1-12-29-18-11-27-17-4-3-16(13-9-15(22(23,24)25)21(26)28-10-13)30-19(17)20(18)32(12)14-5-7-31(8-6-14)34(2)33/h3-4,9-11,14H,5-8H2,1-2H3,(H2,26,28). The number of hydrogen-bond donors (Lipinski definition) is 1. The van der Waals surface area contributed by atoms with E-state index < -0.39 is 28.5 Å². The first-order valence-electron chi connectivity index (χ1n) is 10.7. The summed E-state index contributed by atoms with van der Waals surface area (Å²) in [7, 11) is -1.01. The van der Waals surface area contributed by atoms with Gasteiger partial charge in [-0.05, 0) is 38.0 Å². The Morgan fingerprint density at radius 1 is 1.09 bits per heavy atom. The fourth-order valence-corrected chi connectivity index (χ4v) is 5.29. The van der Waals surface area contributed by atoms with E-state index in [2.05, 4.69) is 19.5 Å². The minimum Gasteiger partial charge on any atom is -0.383 e. The fourth-order valence-electron chi connectivity index (χ4n) is 4.56. The van der Waals surface area contributed by atoms with E-state index >= 15 is 0 Å². The van der Waals surface area contributed by atoms with E-state index in [1.165, 1.54) is 6.20 Å². The molecule has 0 aliphatic carbocycles. The molecule has 5 heterocycles. The molecule has 4 aromatic heterocycles. The first kappa shape index (κ1) is 22.7. The van der Waals surface area contributed by atoms with Crippen LogP contribution in [0.3, 0.4) is 0 Å². The van der Waals surface area contributed by atoms with Crippen LogP contribution in [0, 0.1) is 6.92 Å². The highest BCUT2D eigenvalue weighted by molar-refractivity contribution is 7.81. The molecule has 2 N–H and O–H groups in total. The molecule has 12 heteroatoms. The Morgan fingerprint density at radius 3 is 2.50 bits per heavy atom. The lowest BCUT2D eigenvalue weighted by Crippen LogP contribution is -2.35. The van der Waals surface area contributed by atoms with Crippen molar-refractivity contribution in [2.45, 2.75) is 32.0 Å². The van der Waals surface area contributed by atoms with Crippen molar-refractivity contribution in [1.29, 1.82) is 0 Å². The Kier molecular flexibility index (Phi) is 5.52. The van der Waals surface area contributed by atoms with Gasteiger partial charge in [-0.15, -0.1) is 0 Å². The van der Waals surface area contributed by atoms with Crippen molar-refractivity contribution in [3.05, 3.63) is 42.0 Å². The minimum atomic E-state index is -4.62. The second-order valence-corrected chi connectivity index (χ2v) is 9.69. The molecule has 34 heavy (non-hydrogen) atoms. The van der Waals surface area contributed by atoms with Crippen LogP contribution in [0.15, 0.2) is 30.6 Å². The number of fused-ring (bicyclic) bond motifs is 3. The van der Waals surface area contributed by atoms with Gasteiger partial charge in [-0.1, -0.05) is 0 Å². The number of imidazole rings is 1. The number of hydrogen-bond acceptors (Lipinski definition) is 6. The molecule has 1 fully saturated rings. The van der Waals surface area contributed by atoms with Crippen LogP contribution < -0.4 is 5.73 Å². The highest BCUT2D eigenvalue weighted by Crippen LogP contribution is 2.36. The summed E-state index contributed by atoms with van der Waals surface area (Å²) in [6, 6.07) is 4.46. The van der Waals surface area contributed by atoms with E-state index in [4.69, 9.17) is 10.7 Å². The summed E-state index contributed by atoms with van der Waals surface area (Å²) in [6.45, 7) is 3.32. The van der Waals surface area contributed by atoms with Gasteiger partial charge >= 0.3 is 6.18 Å². The molecule has 178 valence electrons. The summed E-state index contributed by atoms with van der Waals surface area (Å²) in [5, 5.41) is 0. The molecule has 0 radical (unpaired) electrons. The summed E-state index contributed by atoms with van der Waals surface area (Å²) >= 11 is 0. The zero-order valence-corrected chi connectivity index (χ0v) is 19.3. The van der Waals surface area contributed by atoms with Crippen molar-refractivity contribution >= 4 is 38.9 Å². The van der Waals surface area contributed by atoms with E-state index in [0.29, 0.717) is 35.3 Å². The third-order valence-corrected chi connectivity index (χ3v) is 7.30. The molecule has 8 nitrogen and oxygen atoms in total. The van der Waals surface area contributed by atoms with Gasteiger partial charge < -0.3 is 10.3 Å². The molecule has 0 aromatic carbocycles. The quantitative estimate of drug-likeness (QED) is 0.469. The van der Waals surface area contributed by atoms with Crippen LogP contribution in [0.4, 0.5) is 19.0 Å². The van der Waals surface area contributed by atoms with Crippen molar-refractivity contribution in [3.63, 3.8) is 0 Å². The van der Waals surface area contributed by atoms with Gasteiger partial charge in [0.2, 0.25) is 0 Å². The summed E-state index contributed by atoms with van der Waals surface area (Å²) in [4.78, 5) is 17.6. The largest absolute Gasteiger partial charge is 0.419 e. The average Bonchev–Trinajstić information content (AvgIpc) is 3.14. The van der Waals surface area contributed by atoms with Gasteiger partial charge in [0, 0.05) is 37.1 Å². The van der Waals surface area contributed by atoms with E-state index in [9.17, 15) is 17.4 Å². The van der Waals surface area contributed by atoms with Gasteiger partial charge in [0.1, 0.15) is 22.7 Å². The van der Waals surface area contributed by atoms with Crippen LogP contribution in [-0.4, -0.2) is 52.4 Å². The molecule has 0 bridgehead atoms. The van der Waals surface area contributed by atoms with E-state index in [1.54, 1.807) is 24.6 Å². The second kappa shape index (κ2) is 8.27. The molecule has 1 unspecified atom stereocenters. The molecule has 5 rings (SSSR count). The number of nitrogens with two attached hydrogens (primary N) is 1. The number of alkyl halides is 3. The van der Waals surface area contributed by atoms with Crippen LogP contribution in [0.1, 0.15) is 30.3 Å². The average molecular weight is 490 g/mol. The van der Waals surface area contributed by atoms with Crippen LogP contribution in [0.5, 0.6) is 0 Å². The minimum absolute atomic E-state index is 0.135. The topological polar surface area (TPSA) is 103 Å². The number of nitrogens with zero attached hydrogens (tertiary/aromatic N) is 6. The molecule has 0 saturated carbocycles. The molecular formula is C22H22F3N7OS. The third kappa shape index (κ3) is 3.90. The van der Waals surface area contributed by atoms with E-state index in [0.717, 1.165) is 30.2 Å². The SMILES string of the molecule is Cc1nc2cnc3ccc(-c4cnc(N)c(C(F)(F)F)c4)nc3c2n1C1CCN(S(C)=O)CC1. The summed E-state index contributed by atoms with van der Waals surface area (Å²) < 4.78 is 56.0. The van der Waals surface area contributed by atoms with Gasteiger partial charge in [-0.2, -0.15) is 13.2 Å². The Balaban J connectivity index is 1.64. The number of aryl methyl sites for hydroxylation is 1. The van der Waals surface area contributed by atoms with E-state index in [1.807, 2.05) is 11.2 Å². The molecule has 1 aliphatic rings. The molecule has 0 spiro atoms. The number of rotatable bonds is 3. The number of pyridine rings is 3. The number of halogens is 3. The predicted molar refractivity (Wildman–Crippen MR) is 124 cm³/mol. The summed E-state index contributed by atoms with van der Waals surface area (Å²) in [5.74, 6) is 0.232. The first-order chi connectivity index (χ1) is 16.1. The zero-order chi connectivity index (χ0) is 24.2. The van der Waals surface area contributed by atoms with Crippen molar-refractivity contribution < 1.29 is 17.4 Å². The van der Waals surface area contributed by atoms with Gasteiger partial charge in [0.05, 0.1) is 39.5 Å². The Hall–Kier alpha value is -3.12. The smallest absolute Gasteiger partial charge is 0.383 e. The van der Waals surface area contributed by atoms with Gasteiger partial charge in [-0.3, -0.25) is 4.98 Å². The molecule has 1 aliphatic heterocycles. The Morgan fingerprint density at radius 2 is 1.82 bits per heavy atom. The van der Waals surface area contributed by atoms with Crippen LogP contribution >= 0.6 is 0 Å². The highest BCUT2D eigenvalue weighted by atomic mass is 32.2. The molecule has 0 amide bonds. The second-order valence-electron chi connectivity index (χ2n) is 8.32. The first-order valence-corrected chi connectivity index (χ1v) is 12.2. The maximum absolute atomic E-state index is 13.4. The monoisotopic (exact) mass is 489 g/mol. The summed E-state index contributed by atoms with van der Waals surface area (Å²) in [5.41, 5.74) is 7.64. The molecule has 4 aromatic rings. The predicted octanol–water partition coefficient (Wildman–Crippen LogP) is 3.88. The lowest BCUT2D eigenvalue weighted by Gasteiger charge is -2.31. The summed E-state index contributed by atoms with van der Waals surface area (Å²) in [6.07, 6.45) is 1.63. The third-order valence-electron chi connectivity index (χ3n) is 6.21. The number of anilines is 1. The van der Waals surface area contributed by atoms with Gasteiger partial charge in [0.15, 0.2) is 0 Å². The molecular weight excluding hydrogens is 467 g/mol. The lowest BCUT2D eigenvalue weighted by atomic mass is 10.1. The molecule has 1 saturated heterocycles. The van der Waals surface area contributed by atoms with Crippen LogP contribution in [0.25, 0.3) is 33.3 Å².